The molecule has 0 spiro atoms. The predicted molar refractivity (Wildman–Crippen MR) is 114 cm³/mol. The first-order valence-electron chi connectivity index (χ1n) is 10.4. The van der Waals surface area contributed by atoms with Gasteiger partial charge in [-0.1, -0.05) is 18.2 Å². The van der Waals surface area contributed by atoms with Gasteiger partial charge in [-0.25, -0.2) is 0 Å². The molecule has 0 aliphatic carbocycles. The number of nitrogens with one attached hydrogen (secondary N) is 1. The van der Waals surface area contributed by atoms with Crippen molar-refractivity contribution in [2.45, 2.75) is 44.1 Å². The lowest BCUT2D eigenvalue weighted by Crippen LogP contribution is -2.37. The number of anilines is 1. The molecule has 0 radical (unpaired) electrons. The molecule has 2 fully saturated rings. The SMILES string of the molecule is Nc1cccc(C(=O)Cc2ccc3[nH]cc(C4CCC5CCCN5C4)c3c2)c1. The fraction of sp³-hybridized carbons (Fsp3) is 0.375. The van der Waals surface area contributed by atoms with Crippen molar-refractivity contribution in [1.29, 1.82) is 0 Å². The summed E-state index contributed by atoms with van der Waals surface area (Å²) in [5, 5.41) is 1.28. The maximum absolute atomic E-state index is 12.7. The first-order valence-corrected chi connectivity index (χ1v) is 10.4. The highest BCUT2D eigenvalue weighted by molar-refractivity contribution is 5.98. The van der Waals surface area contributed by atoms with Gasteiger partial charge in [-0.3, -0.25) is 9.69 Å². The Bertz CT molecular complexity index is 1020. The maximum atomic E-state index is 12.7. The number of carbonyl (C=O) groups excluding carboxylic acids is 1. The molecule has 1 aromatic heterocycles. The number of hydrogen-bond acceptors (Lipinski definition) is 3. The van der Waals surface area contributed by atoms with Crippen molar-refractivity contribution in [3.05, 3.63) is 65.4 Å². The van der Waals surface area contributed by atoms with Gasteiger partial charge in [0.15, 0.2) is 5.78 Å². The first kappa shape index (κ1) is 17.5. The molecule has 2 aliphatic heterocycles. The number of Topliss-reactive ketones (excluding diaryl/α,β-unsaturated/α-hetero) is 1. The van der Waals surface area contributed by atoms with Crippen molar-refractivity contribution in [2.24, 2.45) is 0 Å². The molecule has 5 rings (SSSR count). The average molecular weight is 374 g/mol. The van der Waals surface area contributed by atoms with Gasteiger partial charge in [0.1, 0.15) is 0 Å². The Morgan fingerprint density at radius 1 is 1.14 bits per heavy atom. The molecule has 4 heteroatoms. The zero-order chi connectivity index (χ0) is 19.1. The van der Waals surface area contributed by atoms with Gasteiger partial charge in [-0.15, -0.1) is 0 Å². The van der Waals surface area contributed by atoms with Crippen molar-refractivity contribution < 1.29 is 4.79 Å². The highest BCUT2D eigenvalue weighted by Gasteiger charge is 2.32. The fourth-order valence-corrected chi connectivity index (χ4v) is 5.12. The summed E-state index contributed by atoms with van der Waals surface area (Å²) in [6, 6.07) is 14.4. The summed E-state index contributed by atoms with van der Waals surface area (Å²) in [4.78, 5) is 18.8. The Kier molecular flexibility index (Phi) is 4.44. The monoisotopic (exact) mass is 373 g/mol. The minimum atomic E-state index is 0.112. The Labute approximate surface area is 165 Å². The average Bonchev–Trinajstić information content (AvgIpc) is 3.33. The van der Waals surface area contributed by atoms with Crippen molar-refractivity contribution in [3.63, 3.8) is 0 Å². The molecule has 4 nitrogen and oxygen atoms in total. The van der Waals surface area contributed by atoms with Crippen LogP contribution in [0.3, 0.4) is 0 Å². The van der Waals surface area contributed by atoms with E-state index in [9.17, 15) is 4.79 Å². The molecule has 2 saturated heterocycles. The molecule has 28 heavy (non-hydrogen) atoms. The van der Waals surface area contributed by atoms with E-state index >= 15 is 0 Å². The van der Waals surface area contributed by atoms with Gasteiger partial charge in [-0.2, -0.15) is 0 Å². The second-order valence-electron chi connectivity index (χ2n) is 8.41. The number of nitrogens with zero attached hydrogens (tertiary/aromatic N) is 1. The zero-order valence-electron chi connectivity index (χ0n) is 16.2. The molecule has 2 aliphatic rings. The third-order valence-corrected chi connectivity index (χ3v) is 6.59. The fourth-order valence-electron chi connectivity index (χ4n) is 5.12. The van der Waals surface area contributed by atoms with Gasteiger partial charge in [0.25, 0.3) is 0 Å². The van der Waals surface area contributed by atoms with Crippen LogP contribution in [-0.4, -0.2) is 34.8 Å². The van der Waals surface area contributed by atoms with Crippen molar-refractivity contribution in [1.82, 2.24) is 9.88 Å². The number of benzene rings is 2. The molecule has 144 valence electrons. The molecular weight excluding hydrogens is 346 g/mol. The van der Waals surface area contributed by atoms with Crippen LogP contribution in [0.2, 0.25) is 0 Å². The molecule has 3 heterocycles. The van der Waals surface area contributed by atoms with E-state index in [0.717, 1.165) is 11.6 Å². The lowest BCUT2D eigenvalue weighted by atomic mass is 9.87. The normalized spacial score (nSPS) is 22.4. The summed E-state index contributed by atoms with van der Waals surface area (Å²) in [6.45, 7) is 2.42. The number of fused-ring (bicyclic) bond motifs is 2. The molecule has 0 saturated carbocycles. The highest BCUT2D eigenvalue weighted by Crippen LogP contribution is 2.37. The number of nitrogen functional groups attached to an aromatic ring is 1. The largest absolute Gasteiger partial charge is 0.399 e. The van der Waals surface area contributed by atoms with Gasteiger partial charge < -0.3 is 10.7 Å². The predicted octanol–water partition coefficient (Wildman–Crippen LogP) is 4.52. The topological polar surface area (TPSA) is 62.1 Å². The molecule has 3 aromatic rings. The number of ketones is 1. The lowest BCUT2D eigenvalue weighted by molar-refractivity contribution is 0.0993. The van der Waals surface area contributed by atoms with Gasteiger partial charge in [-0.05, 0) is 73.5 Å². The van der Waals surface area contributed by atoms with Crippen LogP contribution in [0.15, 0.2) is 48.7 Å². The summed E-state index contributed by atoms with van der Waals surface area (Å²) in [7, 11) is 0. The van der Waals surface area contributed by atoms with Gasteiger partial charge in [0, 0.05) is 47.4 Å². The van der Waals surface area contributed by atoms with Crippen molar-refractivity contribution in [3.8, 4) is 0 Å². The van der Waals surface area contributed by atoms with E-state index in [-0.39, 0.29) is 5.78 Å². The van der Waals surface area contributed by atoms with Crippen LogP contribution in [0.4, 0.5) is 5.69 Å². The number of rotatable bonds is 4. The first-order chi connectivity index (χ1) is 13.7. The smallest absolute Gasteiger partial charge is 0.167 e. The van der Waals surface area contributed by atoms with E-state index in [2.05, 4.69) is 34.3 Å². The van der Waals surface area contributed by atoms with Crippen LogP contribution in [0.1, 0.15) is 53.1 Å². The van der Waals surface area contributed by atoms with Crippen LogP contribution in [0.25, 0.3) is 10.9 Å². The number of nitrogens with two attached hydrogens (primary N) is 1. The molecule has 0 amide bonds. The summed E-state index contributed by atoms with van der Waals surface area (Å²) in [5.74, 6) is 0.698. The van der Waals surface area contributed by atoms with Crippen LogP contribution in [0.5, 0.6) is 0 Å². The minimum Gasteiger partial charge on any atom is -0.399 e. The minimum absolute atomic E-state index is 0.112. The van der Waals surface area contributed by atoms with Crippen LogP contribution >= 0.6 is 0 Å². The number of aromatic amines is 1. The van der Waals surface area contributed by atoms with E-state index < -0.39 is 0 Å². The summed E-state index contributed by atoms with van der Waals surface area (Å²) < 4.78 is 0. The summed E-state index contributed by atoms with van der Waals surface area (Å²) in [6.07, 6.45) is 7.89. The van der Waals surface area contributed by atoms with E-state index in [0.29, 0.717) is 23.6 Å². The number of piperidine rings is 1. The molecule has 2 unspecified atom stereocenters. The molecular formula is C24H27N3O. The third-order valence-electron chi connectivity index (χ3n) is 6.59. The standard InChI is InChI=1S/C24H27N3O/c25-19-4-1-3-17(13-19)24(28)12-16-6-9-23-21(11-16)22(14-26-23)18-7-8-20-5-2-10-27(20)15-18/h1,3-4,6,9,11,13-14,18,20,26H,2,5,7-8,10,12,15,25H2. The van der Waals surface area contributed by atoms with Gasteiger partial charge >= 0.3 is 0 Å². The molecule has 3 N–H and O–H groups in total. The second-order valence-corrected chi connectivity index (χ2v) is 8.41. The third kappa shape index (κ3) is 3.22. The van der Waals surface area contributed by atoms with Crippen LogP contribution in [0, 0.1) is 0 Å². The van der Waals surface area contributed by atoms with E-state index in [1.54, 1.807) is 6.07 Å². The summed E-state index contributed by atoms with van der Waals surface area (Å²) >= 11 is 0. The second kappa shape index (κ2) is 7.10. The van der Waals surface area contributed by atoms with Gasteiger partial charge in [0.05, 0.1) is 0 Å². The maximum Gasteiger partial charge on any atom is 0.167 e. The van der Waals surface area contributed by atoms with Crippen LogP contribution < -0.4 is 5.73 Å². The molecule has 2 atom stereocenters. The van der Waals surface area contributed by atoms with E-state index in [4.69, 9.17) is 5.73 Å². The Balaban J connectivity index is 1.40. The molecule has 0 bridgehead atoms. The number of H-pyrrole nitrogens is 1. The zero-order valence-corrected chi connectivity index (χ0v) is 16.2. The summed E-state index contributed by atoms with van der Waals surface area (Å²) in [5.41, 5.74) is 10.8. The Hall–Kier alpha value is -2.59. The van der Waals surface area contributed by atoms with Crippen molar-refractivity contribution in [2.75, 3.05) is 18.8 Å². The van der Waals surface area contributed by atoms with Gasteiger partial charge in [0.2, 0.25) is 0 Å². The number of hydrogen-bond donors (Lipinski definition) is 2. The van der Waals surface area contributed by atoms with E-state index in [1.807, 2.05) is 18.2 Å². The lowest BCUT2D eigenvalue weighted by Gasteiger charge is -2.35. The number of aromatic nitrogens is 1. The van der Waals surface area contributed by atoms with Crippen LogP contribution in [-0.2, 0) is 6.42 Å². The Morgan fingerprint density at radius 3 is 2.96 bits per heavy atom. The quantitative estimate of drug-likeness (QED) is 0.522. The number of carbonyl (C=O) groups is 1. The molecule has 2 aromatic carbocycles. The van der Waals surface area contributed by atoms with E-state index in [1.165, 1.54) is 55.2 Å². The Morgan fingerprint density at radius 2 is 2.07 bits per heavy atom. The highest BCUT2D eigenvalue weighted by atomic mass is 16.1. The van der Waals surface area contributed by atoms with Crippen molar-refractivity contribution >= 4 is 22.4 Å².